The minimum Gasteiger partial charge on any atom is -0.310 e. The normalized spacial score (nSPS) is 21.0. The third kappa shape index (κ3) is 2.14. The molecule has 0 saturated carbocycles. The number of allylic oxidation sites excluding steroid dienone is 1. The van der Waals surface area contributed by atoms with Crippen molar-refractivity contribution in [3.8, 4) is 0 Å². The predicted octanol–water partition coefficient (Wildman–Crippen LogP) is 3.39. The molecule has 1 nitrogen and oxygen atoms in total. The fourth-order valence-corrected chi connectivity index (χ4v) is 2.02. The van der Waals surface area contributed by atoms with Gasteiger partial charge in [-0.25, -0.2) is 0 Å². The Kier molecular flexibility index (Phi) is 3.06. The monoisotopic (exact) mass is 223 g/mol. The lowest BCUT2D eigenvalue weighted by Crippen LogP contribution is -2.13. The topological polar surface area (TPSA) is 12.0 Å². The largest absolute Gasteiger partial charge is 0.310 e. The maximum absolute atomic E-state index is 13.3. The van der Waals surface area contributed by atoms with Crippen LogP contribution in [0.1, 0.15) is 30.0 Å². The van der Waals surface area contributed by atoms with Gasteiger partial charge in [-0.3, -0.25) is 0 Å². The molecule has 3 heteroatoms. The second kappa shape index (κ2) is 4.34. The minimum atomic E-state index is -2.93. The predicted molar refractivity (Wildman–Crippen MR) is 60.5 cm³/mol. The Balaban J connectivity index is 2.18. The van der Waals surface area contributed by atoms with Gasteiger partial charge in [0, 0.05) is 11.6 Å². The van der Waals surface area contributed by atoms with Gasteiger partial charge in [-0.15, -0.1) is 0 Å². The first-order valence-corrected chi connectivity index (χ1v) is 5.49. The Hall–Kier alpha value is -1.22. The van der Waals surface area contributed by atoms with Crippen LogP contribution in [0, 0.1) is 0 Å². The van der Waals surface area contributed by atoms with E-state index < -0.39 is 5.92 Å². The molecule has 0 radical (unpaired) electrons. The second-order valence-corrected chi connectivity index (χ2v) is 4.10. The summed E-state index contributed by atoms with van der Waals surface area (Å²) in [5.41, 5.74) is 1.09. The van der Waals surface area contributed by atoms with E-state index in [9.17, 15) is 8.78 Å². The van der Waals surface area contributed by atoms with Crippen molar-refractivity contribution >= 4 is 0 Å². The third-order valence-electron chi connectivity index (χ3n) is 3.01. The Labute approximate surface area is 94.2 Å². The van der Waals surface area contributed by atoms with E-state index >= 15 is 0 Å². The first kappa shape index (κ1) is 11.3. The highest BCUT2D eigenvalue weighted by Gasteiger charge is 2.27. The van der Waals surface area contributed by atoms with Crippen LogP contribution >= 0.6 is 0 Å². The molecule has 1 fully saturated rings. The summed E-state index contributed by atoms with van der Waals surface area (Å²) in [7, 11) is 0. The van der Waals surface area contributed by atoms with Crippen LogP contribution < -0.4 is 5.32 Å². The van der Waals surface area contributed by atoms with Crippen LogP contribution in [0.15, 0.2) is 36.9 Å². The first-order chi connectivity index (χ1) is 7.63. The first-order valence-electron chi connectivity index (χ1n) is 5.49. The molecule has 1 unspecified atom stereocenters. The molecule has 0 bridgehead atoms. The lowest BCUT2D eigenvalue weighted by Gasteiger charge is -2.14. The number of benzene rings is 1. The smallest absolute Gasteiger partial charge is 0.291 e. The number of alkyl halides is 2. The van der Waals surface area contributed by atoms with Gasteiger partial charge in [-0.1, -0.05) is 30.8 Å². The van der Waals surface area contributed by atoms with Crippen molar-refractivity contribution in [2.24, 2.45) is 0 Å². The molecule has 0 aliphatic carbocycles. The minimum absolute atomic E-state index is 0.00393. The molecule has 1 aliphatic rings. The van der Waals surface area contributed by atoms with Crippen LogP contribution in [0.3, 0.4) is 0 Å². The number of halogens is 2. The maximum Gasteiger partial charge on any atom is 0.291 e. The SMILES string of the molecule is C=CC(F)(F)c1ccc(C2CCCN2)cc1. The van der Waals surface area contributed by atoms with Crippen LogP contribution in [0.4, 0.5) is 8.78 Å². The van der Waals surface area contributed by atoms with Gasteiger partial charge in [-0.05, 0) is 31.0 Å². The summed E-state index contributed by atoms with van der Waals surface area (Å²) >= 11 is 0. The molecule has 2 rings (SSSR count). The molecule has 1 aromatic carbocycles. The van der Waals surface area contributed by atoms with E-state index in [-0.39, 0.29) is 5.56 Å². The van der Waals surface area contributed by atoms with Crippen LogP contribution in [0.25, 0.3) is 0 Å². The van der Waals surface area contributed by atoms with Crippen molar-refractivity contribution in [3.63, 3.8) is 0 Å². The molecule has 1 saturated heterocycles. The Morgan fingerprint density at radius 1 is 1.31 bits per heavy atom. The molecule has 1 aliphatic heterocycles. The van der Waals surface area contributed by atoms with E-state index in [0.717, 1.165) is 24.9 Å². The van der Waals surface area contributed by atoms with E-state index in [1.165, 1.54) is 12.1 Å². The molecule has 0 aromatic heterocycles. The molecule has 1 heterocycles. The zero-order valence-electron chi connectivity index (χ0n) is 9.05. The van der Waals surface area contributed by atoms with Gasteiger partial charge in [0.15, 0.2) is 0 Å². The van der Waals surface area contributed by atoms with Gasteiger partial charge in [-0.2, -0.15) is 8.78 Å². The van der Waals surface area contributed by atoms with Gasteiger partial charge in [0.2, 0.25) is 0 Å². The van der Waals surface area contributed by atoms with Crippen LogP contribution in [-0.2, 0) is 5.92 Å². The average molecular weight is 223 g/mol. The van der Waals surface area contributed by atoms with Gasteiger partial charge >= 0.3 is 0 Å². The standard InChI is InChI=1S/C13H15F2N/c1-2-13(14,15)11-7-5-10(6-8-11)12-4-3-9-16-12/h2,5-8,12,16H,1,3-4,9H2. The van der Waals surface area contributed by atoms with Gasteiger partial charge in [0.1, 0.15) is 0 Å². The van der Waals surface area contributed by atoms with Crippen molar-refractivity contribution in [1.29, 1.82) is 0 Å². The highest BCUT2D eigenvalue weighted by atomic mass is 19.3. The Bertz CT molecular complexity index is 364. The van der Waals surface area contributed by atoms with Gasteiger partial charge in [0.25, 0.3) is 5.92 Å². The zero-order valence-corrected chi connectivity index (χ0v) is 9.05. The molecule has 1 N–H and O–H groups in total. The van der Waals surface area contributed by atoms with E-state index in [1.54, 1.807) is 12.1 Å². The highest BCUT2D eigenvalue weighted by molar-refractivity contribution is 5.30. The van der Waals surface area contributed by atoms with Gasteiger partial charge < -0.3 is 5.32 Å². The fourth-order valence-electron chi connectivity index (χ4n) is 2.02. The summed E-state index contributed by atoms with van der Waals surface area (Å²) in [6.07, 6.45) is 2.91. The molecule has 1 aromatic rings. The second-order valence-electron chi connectivity index (χ2n) is 4.10. The molecule has 0 amide bonds. The summed E-state index contributed by atoms with van der Waals surface area (Å²) in [4.78, 5) is 0. The highest BCUT2D eigenvalue weighted by Crippen LogP contribution is 2.30. The summed E-state index contributed by atoms with van der Waals surface area (Å²) in [6.45, 7) is 4.16. The summed E-state index contributed by atoms with van der Waals surface area (Å²) in [5, 5.41) is 3.34. The van der Waals surface area contributed by atoms with E-state index in [1.807, 2.05) is 0 Å². The van der Waals surface area contributed by atoms with Crippen LogP contribution in [-0.4, -0.2) is 6.54 Å². The fraction of sp³-hybridized carbons (Fsp3) is 0.385. The number of rotatable bonds is 3. The molecule has 1 atom stereocenters. The summed E-state index contributed by atoms with van der Waals surface area (Å²) < 4.78 is 26.5. The number of nitrogens with one attached hydrogen (secondary N) is 1. The van der Waals surface area contributed by atoms with E-state index in [0.29, 0.717) is 12.1 Å². The van der Waals surface area contributed by atoms with Crippen molar-refractivity contribution in [3.05, 3.63) is 48.0 Å². The molecular formula is C13H15F2N. The summed E-state index contributed by atoms with van der Waals surface area (Å²) in [5.74, 6) is -2.93. The van der Waals surface area contributed by atoms with E-state index in [2.05, 4.69) is 11.9 Å². The zero-order chi connectivity index (χ0) is 11.6. The lowest BCUT2D eigenvalue weighted by molar-refractivity contribution is 0.0525. The lowest BCUT2D eigenvalue weighted by atomic mass is 10.0. The van der Waals surface area contributed by atoms with Crippen molar-refractivity contribution in [2.45, 2.75) is 24.8 Å². The molecule has 0 spiro atoms. The Morgan fingerprint density at radius 2 is 2.00 bits per heavy atom. The quantitative estimate of drug-likeness (QED) is 0.774. The number of hydrogen-bond donors (Lipinski definition) is 1. The van der Waals surface area contributed by atoms with Crippen molar-refractivity contribution in [1.82, 2.24) is 5.32 Å². The summed E-state index contributed by atoms with van der Waals surface area (Å²) in [6, 6.07) is 6.84. The molecule has 86 valence electrons. The van der Waals surface area contributed by atoms with Crippen molar-refractivity contribution in [2.75, 3.05) is 6.54 Å². The van der Waals surface area contributed by atoms with E-state index in [4.69, 9.17) is 0 Å². The van der Waals surface area contributed by atoms with Crippen LogP contribution in [0.2, 0.25) is 0 Å². The molecule has 16 heavy (non-hydrogen) atoms. The van der Waals surface area contributed by atoms with Crippen molar-refractivity contribution < 1.29 is 8.78 Å². The number of hydrogen-bond acceptors (Lipinski definition) is 1. The maximum atomic E-state index is 13.3. The molecular weight excluding hydrogens is 208 g/mol. The third-order valence-corrected chi connectivity index (χ3v) is 3.01. The van der Waals surface area contributed by atoms with Crippen LogP contribution in [0.5, 0.6) is 0 Å². The van der Waals surface area contributed by atoms with Gasteiger partial charge in [0.05, 0.1) is 0 Å². The Morgan fingerprint density at radius 3 is 2.50 bits per heavy atom. The average Bonchev–Trinajstić information content (AvgIpc) is 2.83.